The van der Waals surface area contributed by atoms with Crippen molar-refractivity contribution in [3.63, 3.8) is 0 Å². The Kier molecular flexibility index (Phi) is 6.20. The molecule has 2 atom stereocenters. The third kappa shape index (κ3) is 4.79. The first-order valence-corrected chi connectivity index (χ1v) is 9.19. The van der Waals surface area contributed by atoms with Crippen LogP contribution < -0.4 is 10.8 Å². The van der Waals surface area contributed by atoms with E-state index in [1.807, 2.05) is 55.5 Å². The molecule has 4 nitrogen and oxygen atoms in total. The van der Waals surface area contributed by atoms with E-state index in [2.05, 4.69) is 10.8 Å². The first-order chi connectivity index (χ1) is 12.5. The molecule has 0 radical (unpaired) electrons. The lowest BCUT2D eigenvalue weighted by Gasteiger charge is -2.26. The fraction of sp³-hybridized carbons (Fsp3) is 0.250. The lowest BCUT2D eigenvalue weighted by molar-refractivity contribution is -0.122. The minimum Gasteiger partial charge on any atom is -0.403 e. The van der Waals surface area contributed by atoms with Gasteiger partial charge in [0.25, 0.3) is 5.91 Å². The second kappa shape index (κ2) is 8.58. The summed E-state index contributed by atoms with van der Waals surface area (Å²) in [5.74, 6) is 0.156. The molecule has 136 valence electrons. The van der Waals surface area contributed by atoms with Crippen LogP contribution in [-0.4, -0.2) is 18.5 Å². The summed E-state index contributed by atoms with van der Waals surface area (Å²) in [6, 6.07) is 15.4. The summed E-state index contributed by atoms with van der Waals surface area (Å²) in [6.45, 7) is 2.53. The highest BCUT2D eigenvalue weighted by Gasteiger charge is 2.24. The zero-order valence-electron chi connectivity index (χ0n) is 14.3. The predicted molar refractivity (Wildman–Crippen MR) is 104 cm³/mol. The summed E-state index contributed by atoms with van der Waals surface area (Å²) in [5, 5.41) is 4.43. The summed E-state index contributed by atoms with van der Waals surface area (Å²) >= 11 is 12.0. The molecule has 1 amide bonds. The maximum atomic E-state index is 12.4. The minimum atomic E-state index is -0.224. The quantitative estimate of drug-likeness (QED) is 0.775. The van der Waals surface area contributed by atoms with E-state index in [4.69, 9.17) is 28.0 Å². The maximum Gasteiger partial charge on any atom is 0.288 e. The lowest BCUT2D eigenvalue weighted by atomic mass is 9.86. The van der Waals surface area contributed by atoms with Crippen molar-refractivity contribution >= 4 is 29.1 Å². The van der Waals surface area contributed by atoms with Crippen LogP contribution >= 0.6 is 23.2 Å². The molecule has 0 aromatic heterocycles. The molecule has 2 aromatic carbocycles. The Balaban J connectivity index is 1.80. The number of carbonyl (C=O) groups excluding carboxylic acids is 1. The summed E-state index contributed by atoms with van der Waals surface area (Å²) in [4.78, 5) is 17.5. The molecular formula is C20H20Cl2N2O2. The fourth-order valence-corrected chi connectivity index (χ4v) is 3.23. The van der Waals surface area contributed by atoms with Gasteiger partial charge in [-0.15, -0.1) is 0 Å². The molecule has 6 heteroatoms. The summed E-state index contributed by atoms with van der Waals surface area (Å²) in [6.07, 6.45) is 2.48. The molecule has 0 saturated heterocycles. The molecule has 0 aliphatic carbocycles. The number of nitrogens with one attached hydrogen (secondary N) is 2. The van der Waals surface area contributed by atoms with Crippen LogP contribution in [0.2, 0.25) is 10.0 Å². The number of hydrogen-bond donors (Lipinski definition) is 2. The third-order valence-electron chi connectivity index (χ3n) is 4.41. The highest BCUT2D eigenvalue weighted by atomic mass is 35.5. The van der Waals surface area contributed by atoms with Crippen LogP contribution in [0.15, 0.2) is 60.4 Å². The van der Waals surface area contributed by atoms with E-state index in [1.165, 1.54) is 0 Å². The zero-order chi connectivity index (χ0) is 18.5. The van der Waals surface area contributed by atoms with Gasteiger partial charge in [-0.25, -0.2) is 0 Å². The molecular weight excluding hydrogens is 371 g/mol. The molecule has 26 heavy (non-hydrogen) atoms. The van der Waals surface area contributed by atoms with Gasteiger partial charge in [-0.1, -0.05) is 47.5 Å². The van der Waals surface area contributed by atoms with E-state index in [0.29, 0.717) is 22.3 Å². The Morgan fingerprint density at radius 3 is 2.31 bits per heavy atom. The second-order valence-electron chi connectivity index (χ2n) is 6.27. The highest BCUT2D eigenvalue weighted by molar-refractivity contribution is 6.30. The van der Waals surface area contributed by atoms with Gasteiger partial charge in [0.1, 0.15) is 0 Å². The van der Waals surface area contributed by atoms with Crippen molar-refractivity contribution in [1.82, 2.24) is 10.8 Å². The second-order valence-corrected chi connectivity index (χ2v) is 7.14. The Morgan fingerprint density at radius 2 is 1.73 bits per heavy atom. The Bertz CT molecular complexity index is 788. The number of halogens is 2. The Morgan fingerprint density at radius 1 is 1.12 bits per heavy atom. The average Bonchev–Trinajstić information content (AvgIpc) is 3.17. The van der Waals surface area contributed by atoms with Crippen LogP contribution in [0.3, 0.4) is 0 Å². The summed E-state index contributed by atoms with van der Waals surface area (Å²) in [5.41, 5.74) is 4.91. The van der Waals surface area contributed by atoms with Gasteiger partial charge in [-0.05, 0) is 54.8 Å². The molecule has 1 aliphatic rings. The van der Waals surface area contributed by atoms with Crippen LogP contribution in [0.25, 0.3) is 0 Å². The maximum absolute atomic E-state index is 12.4. The largest absolute Gasteiger partial charge is 0.403 e. The third-order valence-corrected chi connectivity index (χ3v) is 4.91. The summed E-state index contributed by atoms with van der Waals surface area (Å²) < 4.78 is 0. The van der Waals surface area contributed by atoms with Crippen molar-refractivity contribution in [3.05, 3.63) is 81.5 Å². The van der Waals surface area contributed by atoms with Gasteiger partial charge in [-0.2, -0.15) is 5.48 Å². The zero-order valence-corrected chi connectivity index (χ0v) is 15.8. The van der Waals surface area contributed by atoms with E-state index in [1.54, 1.807) is 6.08 Å². The van der Waals surface area contributed by atoms with E-state index < -0.39 is 0 Å². The van der Waals surface area contributed by atoms with Crippen molar-refractivity contribution in [2.75, 3.05) is 6.54 Å². The van der Waals surface area contributed by atoms with Gasteiger partial charge in [0.05, 0.1) is 6.54 Å². The number of hydroxylamine groups is 1. The normalized spacial score (nSPS) is 15.7. The van der Waals surface area contributed by atoms with E-state index in [0.717, 1.165) is 17.5 Å². The molecule has 1 aliphatic heterocycles. The molecule has 2 N–H and O–H groups in total. The molecule has 0 unspecified atom stereocenters. The van der Waals surface area contributed by atoms with Crippen molar-refractivity contribution in [2.24, 2.45) is 0 Å². The van der Waals surface area contributed by atoms with Gasteiger partial charge in [0.15, 0.2) is 0 Å². The summed E-state index contributed by atoms with van der Waals surface area (Å²) in [7, 11) is 0. The predicted octanol–water partition coefficient (Wildman–Crippen LogP) is 4.24. The van der Waals surface area contributed by atoms with Gasteiger partial charge >= 0.3 is 0 Å². The van der Waals surface area contributed by atoms with E-state index in [9.17, 15) is 4.79 Å². The van der Waals surface area contributed by atoms with Crippen LogP contribution in [0.4, 0.5) is 0 Å². The molecule has 0 spiro atoms. The number of rotatable bonds is 6. The fourth-order valence-electron chi connectivity index (χ4n) is 2.98. The minimum absolute atomic E-state index is 0.0763. The van der Waals surface area contributed by atoms with Gasteiger partial charge in [-0.3, -0.25) is 4.79 Å². The Hall–Kier alpha value is -2.01. The number of hydrogen-bond acceptors (Lipinski definition) is 3. The molecule has 0 fully saturated rings. The Labute approximate surface area is 163 Å². The lowest BCUT2D eigenvalue weighted by Crippen LogP contribution is -2.39. The smallest absolute Gasteiger partial charge is 0.288 e. The van der Waals surface area contributed by atoms with Crippen molar-refractivity contribution in [1.29, 1.82) is 0 Å². The van der Waals surface area contributed by atoms with Crippen molar-refractivity contribution in [2.45, 2.75) is 25.3 Å². The van der Waals surface area contributed by atoms with E-state index in [-0.39, 0.29) is 17.9 Å². The molecule has 3 rings (SSSR count). The van der Waals surface area contributed by atoms with Crippen LogP contribution in [-0.2, 0) is 16.1 Å². The average molecular weight is 391 g/mol. The van der Waals surface area contributed by atoms with Crippen molar-refractivity contribution in [3.8, 4) is 0 Å². The van der Waals surface area contributed by atoms with Crippen LogP contribution in [0, 0.1) is 0 Å². The van der Waals surface area contributed by atoms with Crippen LogP contribution in [0.5, 0.6) is 0 Å². The number of amides is 1. The first-order valence-electron chi connectivity index (χ1n) is 8.43. The molecule has 0 saturated carbocycles. The number of benzene rings is 2. The van der Waals surface area contributed by atoms with Crippen molar-refractivity contribution < 1.29 is 9.63 Å². The highest BCUT2D eigenvalue weighted by Crippen LogP contribution is 2.27. The van der Waals surface area contributed by atoms with Gasteiger partial charge in [0.2, 0.25) is 5.76 Å². The molecule has 0 bridgehead atoms. The first kappa shape index (κ1) is 18.8. The van der Waals surface area contributed by atoms with Gasteiger partial charge in [0, 0.05) is 22.0 Å². The van der Waals surface area contributed by atoms with Crippen LogP contribution in [0.1, 0.15) is 24.0 Å². The van der Waals surface area contributed by atoms with Gasteiger partial charge < -0.3 is 10.2 Å². The monoisotopic (exact) mass is 390 g/mol. The molecule has 2 aromatic rings. The molecule has 1 heterocycles. The number of carbonyl (C=O) groups is 1. The topological polar surface area (TPSA) is 50.4 Å². The standard InChI is InChI=1S/C20H20Cl2N2O2/c1-13(24-20(25)19-10-11-23-26-19)18(15-4-8-17(22)9-5-15)12-14-2-6-16(21)7-3-14/h2-10,13,18,23H,11-12H2,1H3,(H,24,25)/t13-,18+/m1/s1. The van der Waals surface area contributed by atoms with E-state index >= 15 is 0 Å². The SMILES string of the molecule is C[C@@H](NC(=O)C1=CCNO1)[C@H](Cc1ccc(Cl)cc1)c1ccc(Cl)cc1.